The molecule has 0 aliphatic rings. The quantitative estimate of drug-likeness (QED) is 0.808. The number of hydrogen-bond donors (Lipinski definition) is 1. The molecular formula is C15H25NO2. The Morgan fingerprint density at radius 1 is 1.28 bits per heavy atom. The first-order valence-electron chi connectivity index (χ1n) is 6.43. The Bertz CT molecular complexity index is 366. The zero-order chi connectivity index (χ0) is 13.5. The van der Waals surface area contributed by atoms with Crippen molar-refractivity contribution < 1.29 is 9.47 Å². The number of benzene rings is 1. The van der Waals surface area contributed by atoms with Crippen LogP contribution in [0, 0.1) is 12.8 Å². The molecule has 102 valence electrons. The number of hydrogen-bond acceptors (Lipinski definition) is 3. The van der Waals surface area contributed by atoms with Crippen molar-refractivity contribution in [3.05, 3.63) is 29.3 Å². The van der Waals surface area contributed by atoms with Crippen molar-refractivity contribution in [2.45, 2.75) is 26.3 Å². The van der Waals surface area contributed by atoms with Gasteiger partial charge in [0.15, 0.2) is 0 Å². The molecule has 0 aromatic heterocycles. The number of rotatable bonds is 7. The molecule has 0 aliphatic carbocycles. The SMILES string of the molecule is CNC(CC(C)COC)c1cc(C)ccc1OC. The summed E-state index contributed by atoms with van der Waals surface area (Å²) in [5.41, 5.74) is 2.48. The summed E-state index contributed by atoms with van der Waals surface area (Å²) in [7, 11) is 5.46. The van der Waals surface area contributed by atoms with Gasteiger partial charge >= 0.3 is 0 Å². The van der Waals surface area contributed by atoms with Crippen LogP contribution in [0.2, 0.25) is 0 Å². The molecule has 0 spiro atoms. The van der Waals surface area contributed by atoms with Crippen LogP contribution >= 0.6 is 0 Å². The maximum absolute atomic E-state index is 5.45. The Morgan fingerprint density at radius 3 is 2.56 bits per heavy atom. The normalized spacial score (nSPS) is 14.3. The van der Waals surface area contributed by atoms with Crippen LogP contribution < -0.4 is 10.1 Å². The van der Waals surface area contributed by atoms with Gasteiger partial charge in [-0.15, -0.1) is 0 Å². The lowest BCUT2D eigenvalue weighted by Crippen LogP contribution is -2.21. The first-order valence-corrected chi connectivity index (χ1v) is 6.43. The van der Waals surface area contributed by atoms with E-state index < -0.39 is 0 Å². The van der Waals surface area contributed by atoms with E-state index in [1.54, 1.807) is 14.2 Å². The summed E-state index contributed by atoms with van der Waals surface area (Å²) < 4.78 is 10.7. The van der Waals surface area contributed by atoms with E-state index in [4.69, 9.17) is 9.47 Å². The predicted octanol–water partition coefficient (Wildman–Crippen LogP) is 2.94. The molecule has 18 heavy (non-hydrogen) atoms. The zero-order valence-electron chi connectivity index (χ0n) is 12.1. The van der Waals surface area contributed by atoms with E-state index in [-0.39, 0.29) is 0 Å². The van der Waals surface area contributed by atoms with Gasteiger partial charge < -0.3 is 14.8 Å². The topological polar surface area (TPSA) is 30.5 Å². The highest BCUT2D eigenvalue weighted by Crippen LogP contribution is 2.30. The third-order valence-corrected chi connectivity index (χ3v) is 3.20. The molecule has 0 heterocycles. The van der Waals surface area contributed by atoms with Gasteiger partial charge in [-0.2, -0.15) is 0 Å². The van der Waals surface area contributed by atoms with Crippen molar-refractivity contribution in [3.63, 3.8) is 0 Å². The van der Waals surface area contributed by atoms with Crippen molar-refractivity contribution in [2.24, 2.45) is 5.92 Å². The maximum atomic E-state index is 5.45. The van der Waals surface area contributed by atoms with E-state index in [1.165, 1.54) is 11.1 Å². The molecule has 0 amide bonds. The number of aryl methyl sites for hydroxylation is 1. The van der Waals surface area contributed by atoms with Crippen LogP contribution in [-0.4, -0.2) is 27.9 Å². The van der Waals surface area contributed by atoms with Crippen LogP contribution in [0.1, 0.15) is 30.5 Å². The van der Waals surface area contributed by atoms with Gasteiger partial charge in [-0.25, -0.2) is 0 Å². The lowest BCUT2D eigenvalue weighted by atomic mass is 9.94. The second kappa shape index (κ2) is 7.39. The lowest BCUT2D eigenvalue weighted by Gasteiger charge is -2.23. The summed E-state index contributed by atoms with van der Waals surface area (Å²) in [4.78, 5) is 0. The van der Waals surface area contributed by atoms with Crippen LogP contribution in [-0.2, 0) is 4.74 Å². The van der Waals surface area contributed by atoms with Crippen LogP contribution in [0.15, 0.2) is 18.2 Å². The Labute approximate surface area is 110 Å². The summed E-state index contributed by atoms with van der Waals surface area (Å²) in [6.07, 6.45) is 1.03. The van der Waals surface area contributed by atoms with Crippen LogP contribution in [0.4, 0.5) is 0 Å². The third-order valence-electron chi connectivity index (χ3n) is 3.20. The molecule has 0 bridgehead atoms. The van der Waals surface area contributed by atoms with Crippen molar-refractivity contribution in [1.82, 2.24) is 5.32 Å². The molecule has 0 radical (unpaired) electrons. The van der Waals surface area contributed by atoms with E-state index in [1.807, 2.05) is 13.1 Å². The zero-order valence-corrected chi connectivity index (χ0v) is 12.1. The summed E-state index contributed by atoms with van der Waals surface area (Å²) in [5.74, 6) is 1.46. The van der Waals surface area contributed by atoms with E-state index in [2.05, 4.69) is 31.3 Å². The Hall–Kier alpha value is -1.06. The van der Waals surface area contributed by atoms with Gasteiger partial charge in [0, 0.05) is 25.3 Å². The fourth-order valence-corrected chi connectivity index (χ4v) is 2.28. The molecule has 0 fully saturated rings. The molecule has 0 saturated carbocycles. The minimum Gasteiger partial charge on any atom is -0.496 e. The fourth-order valence-electron chi connectivity index (χ4n) is 2.28. The average molecular weight is 251 g/mol. The van der Waals surface area contributed by atoms with Crippen molar-refractivity contribution in [3.8, 4) is 5.75 Å². The number of nitrogens with one attached hydrogen (secondary N) is 1. The number of methoxy groups -OCH3 is 2. The molecule has 2 unspecified atom stereocenters. The van der Waals surface area contributed by atoms with E-state index in [9.17, 15) is 0 Å². The van der Waals surface area contributed by atoms with Crippen LogP contribution in [0.3, 0.4) is 0 Å². The largest absolute Gasteiger partial charge is 0.496 e. The Kier molecular flexibility index (Phi) is 6.16. The predicted molar refractivity (Wildman–Crippen MR) is 75.2 cm³/mol. The molecule has 1 aromatic carbocycles. The standard InChI is InChI=1S/C15H25NO2/c1-11-6-7-15(18-5)13(8-11)14(16-3)9-12(2)10-17-4/h6-8,12,14,16H,9-10H2,1-5H3. The molecule has 0 aliphatic heterocycles. The van der Waals surface area contributed by atoms with Crippen molar-refractivity contribution >= 4 is 0 Å². The molecular weight excluding hydrogens is 226 g/mol. The maximum Gasteiger partial charge on any atom is 0.123 e. The van der Waals surface area contributed by atoms with Crippen LogP contribution in [0.5, 0.6) is 5.75 Å². The highest BCUT2D eigenvalue weighted by Gasteiger charge is 2.17. The van der Waals surface area contributed by atoms with Gasteiger partial charge in [0.1, 0.15) is 5.75 Å². The first kappa shape index (κ1) is 15.0. The van der Waals surface area contributed by atoms with Crippen molar-refractivity contribution in [1.29, 1.82) is 0 Å². The minimum atomic E-state index is 0.296. The molecule has 2 atom stereocenters. The smallest absolute Gasteiger partial charge is 0.123 e. The fraction of sp³-hybridized carbons (Fsp3) is 0.600. The summed E-state index contributed by atoms with van der Waals surface area (Å²) in [6, 6.07) is 6.60. The van der Waals surface area contributed by atoms with Gasteiger partial charge in [0.25, 0.3) is 0 Å². The van der Waals surface area contributed by atoms with Gasteiger partial charge in [0.05, 0.1) is 7.11 Å². The van der Waals surface area contributed by atoms with E-state index in [0.717, 1.165) is 18.8 Å². The second-order valence-electron chi connectivity index (χ2n) is 4.88. The lowest BCUT2D eigenvalue weighted by molar-refractivity contribution is 0.149. The Balaban J connectivity index is 2.89. The summed E-state index contributed by atoms with van der Waals surface area (Å²) >= 11 is 0. The molecule has 0 saturated heterocycles. The van der Waals surface area contributed by atoms with Gasteiger partial charge in [0.2, 0.25) is 0 Å². The second-order valence-corrected chi connectivity index (χ2v) is 4.88. The highest BCUT2D eigenvalue weighted by atomic mass is 16.5. The average Bonchev–Trinajstić information content (AvgIpc) is 2.36. The third kappa shape index (κ3) is 4.00. The van der Waals surface area contributed by atoms with Gasteiger partial charge in [-0.05, 0) is 32.4 Å². The van der Waals surface area contributed by atoms with Gasteiger partial charge in [-0.1, -0.05) is 24.6 Å². The highest BCUT2D eigenvalue weighted by molar-refractivity contribution is 5.39. The summed E-state index contributed by atoms with van der Waals surface area (Å²) in [5, 5.41) is 3.37. The first-order chi connectivity index (χ1) is 8.62. The minimum absolute atomic E-state index is 0.296. The molecule has 3 nitrogen and oxygen atoms in total. The summed E-state index contributed by atoms with van der Waals surface area (Å²) in [6.45, 7) is 5.09. The molecule has 1 N–H and O–H groups in total. The van der Waals surface area contributed by atoms with Gasteiger partial charge in [-0.3, -0.25) is 0 Å². The van der Waals surface area contributed by atoms with E-state index in [0.29, 0.717) is 12.0 Å². The molecule has 3 heteroatoms. The molecule has 1 aromatic rings. The molecule has 1 rings (SSSR count). The number of ether oxygens (including phenoxy) is 2. The monoisotopic (exact) mass is 251 g/mol. The van der Waals surface area contributed by atoms with E-state index >= 15 is 0 Å². The van der Waals surface area contributed by atoms with Crippen molar-refractivity contribution in [2.75, 3.05) is 27.9 Å². The Morgan fingerprint density at radius 2 is 2.00 bits per heavy atom. The van der Waals surface area contributed by atoms with Crippen LogP contribution in [0.25, 0.3) is 0 Å².